The maximum absolute atomic E-state index is 11.3. The first-order valence-electron chi connectivity index (χ1n) is 5.73. The maximum Gasteiger partial charge on any atom is 0.337 e. The van der Waals surface area contributed by atoms with E-state index in [0.29, 0.717) is 5.76 Å². The summed E-state index contributed by atoms with van der Waals surface area (Å²) in [6.45, 7) is 3.26. The van der Waals surface area contributed by atoms with Crippen LogP contribution in [-0.4, -0.2) is 22.8 Å². The van der Waals surface area contributed by atoms with Crippen molar-refractivity contribution in [1.82, 2.24) is 0 Å². The fourth-order valence-electron chi connectivity index (χ4n) is 2.04. The second-order valence-electron chi connectivity index (χ2n) is 5.02. The Kier molecular flexibility index (Phi) is 2.85. The number of carboxylic acids is 1. The van der Waals surface area contributed by atoms with E-state index in [1.807, 2.05) is 0 Å². The minimum atomic E-state index is -1.01. The van der Waals surface area contributed by atoms with Gasteiger partial charge in [-0.2, -0.15) is 0 Å². The van der Waals surface area contributed by atoms with Crippen LogP contribution in [0, 0.1) is 11.8 Å². The van der Waals surface area contributed by atoms with Gasteiger partial charge in [0.15, 0.2) is 0 Å². The highest BCUT2D eigenvalue weighted by Gasteiger charge is 2.39. The van der Waals surface area contributed by atoms with Gasteiger partial charge in [-0.1, -0.05) is 0 Å². The Bertz CT molecular complexity index is 378. The number of hydrogen-bond donors (Lipinski definition) is 1. The van der Waals surface area contributed by atoms with E-state index in [1.165, 1.54) is 6.08 Å². The van der Waals surface area contributed by atoms with Crippen LogP contribution in [0.3, 0.4) is 0 Å². The molecule has 17 heavy (non-hydrogen) atoms. The van der Waals surface area contributed by atoms with Crippen molar-refractivity contribution < 1.29 is 24.2 Å². The molecule has 0 bridgehead atoms. The summed E-state index contributed by atoms with van der Waals surface area (Å²) in [6, 6.07) is 0. The Hall–Kier alpha value is -1.52. The van der Waals surface area contributed by atoms with Gasteiger partial charge in [-0.05, 0) is 18.8 Å². The van der Waals surface area contributed by atoms with Gasteiger partial charge in [0, 0.05) is 20.3 Å². The smallest absolute Gasteiger partial charge is 0.337 e. The Labute approximate surface area is 99.4 Å². The van der Waals surface area contributed by atoms with Gasteiger partial charge in [0.1, 0.15) is 5.76 Å². The summed E-state index contributed by atoms with van der Waals surface area (Å²) < 4.78 is 10.4. The van der Waals surface area contributed by atoms with E-state index in [2.05, 4.69) is 0 Å². The van der Waals surface area contributed by atoms with Crippen LogP contribution in [0.4, 0.5) is 0 Å². The molecule has 0 aromatic carbocycles. The largest absolute Gasteiger partial charge is 0.481 e. The van der Waals surface area contributed by atoms with E-state index in [-0.39, 0.29) is 12.3 Å². The van der Waals surface area contributed by atoms with Gasteiger partial charge in [0.2, 0.25) is 5.79 Å². The van der Waals surface area contributed by atoms with Crippen LogP contribution in [0.1, 0.15) is 33.1 Å². The molecule has 1 aliphatic carbocycles. The Morgan fingerprint density at radius 2 is 2.18 bits per heavy atom. The molecule has 1 heterocycles. The quantitative estimate of drug-likeness (QED) is 0.757. The lowest BCUT2D eigenvalue weighted by molar-refractivity contribution is -0.206. The number of carboxylic acid groups (broad SMARTS) is 1. The van der Waals surface area contributed by atoms with Crippen LogP contribution in [0.25, 0.3) is 0 Å². The number of carbonyl (C=O) groups excluding carboxylic acids is 1. The molecule has 5 heteroatoms. The predicted octanol–water partition coefficient (Wildman–Crippen LogP) is 1.68. The SMILES string of the molecule is CC1(C)OC(=O)C=C(CC(C(=O)O)C2CC2)O1. The van der Waals surface area contributed by atoms with Crippen molar-refractivity contribution in [3.05, 3.63) is 11.8 Å². The number of esters is 1. The Morgan fingerprint density at radius 3 is 2.65 bits per heavy atom. The van der Waals surface area contributed by atoms with E-state index in [1.54, 1.807) is 13.8 Å². The third-order valence-electron chi connectivity index (χ3n) is 2.93. The molecule has 0 aromatic rings. The number of rotatable bonds is 4. The van der Waals surface area contributed by atoms with Crippen molar-refractivity contribution in [2.24, 2.45) is 11.8 Å². The topological polar surface area (TPSA) is 72.8 Å². The van der Waals surface area contributed by atoms with Crippen LogP contribution in [0.15, 0.2) is 11.8 Å². The zero-order valence-corrected chi connectivity index (χ0v) is 9.93. The first kappa shape index (κ1) is 12.0. The number of cyclic esters (lactones) is 1. The lowest BCUT2D eigenvalue weighted by Crippen LogP contribution is -2.35. The summed E-state index contributed by atoms with van der Waals surface area (Å²) in [5, 5.41) is 9.11. The van der Waals surface area contributed by atoms with Crippen LogP contribution in [0.2, 0.25) is 0 Å². The number of ether oxygens (including phenoxy) is 2. The molecule has 1 fully saturated rings. The fourth-order valence-corrected chi connectivity index (χ4v) is 2.04. The molecule has 2 rings (SSSR count). The third kappa shape index (κ3) is 2.99. The second kappa shape index (κ2) is 4.05. The molecule has 0 amide bonds. The highest BCUT2D eigenvalue weighted by molar-refractivity contribution is 5.83. The monoisotopic (exact) mass is 240 g/mol. The van der Waals surface area contributed by atoms with Gasteiger partial charge in [0.05, 0.1) is 12.0 Å². The summed E-state index contributed by atoms with van der Waals surface area (Å²) in [5.74, 6) is -2.13. The van der Waals surface area contributed by atoms with Crippen molar-refractivity contribution in [2.45, 2.75) is 38.9 Å². The summed E-state index contributed by atoms with van der Waals surface area (Å²) in [7, 11) is 0. The van der Waals surface area contributed by atoms with E-state index >= 15 is 0 Å². The van der Waals surface area contributed by atoms with Crippen LogP contribution >= 0.6 is 0 Å². The minimum Gasteiger partial charge on any atom is -0.481 e. The van der Waals surface area contributed by atoms with Gasteiger partial charge in [-0.3, -0.25) is 4.79 Å². The molecular weight excluding hydrogens is 224 g/mol. The van der Waals surface area contributed by atoms with Crippen molar-refractivity contribution in [3.63, 3.8) is 0 Å². The van der Waals surface area contributed by atoms with Gasteiger partial charge < -0.3 is 14.6 Å². The normalized spacial score (nSPS) is 24.4. The van der Waals surface area contributed by atoms with Crippen LogP contribution in [-0.2, 0) is 19.1 Å². The molecule has 0 saturated heterocycles. The summed E-state index contributed by atoms with van der Waals surface area (Å²) in [4.78, 5) is 22.4. The molecule has 1 saturated carbocycles. The zero-order valence-electron chi connectivity index (χ0n) is 9.93. The highest BCUT2D eigenvalue weighted by Crippen LogP contribution is 2.41. The third-order valence-corrected chi connectivity index (χ3v) is 2.93. The Morgan fingerprint density at radius 1 is 1.53 bits per heavy atom. The molecule has 94 valence electrons. The molecule has 0 radical (unpaired) electrons. The molecule has 1 atom stereocenters. The van der Waals surface area contributed by atoms with E-state index < -0.39 is 23.6 Å². The van der Waals surface area contributed by atoms with E-state index in [9.17, 15) is 9.59 Å². The Balaban J connectivity index is 2.06. The lowest BCUT2D eigenvalue weighted by Gasteiger charge is -2.31. The van der Waals surface area contributed by atoms with Crippen molar-refractivity contribution >= 4 is 11.9 Å². The van der Waals surface area contributed by atoms with E-state index in [0.717, 1.165) is 12.8 Å². The average Bonchev–Trinajstić information content (AvgIpc) is 2.93. The summed E-state index contributed by atoms with van der Waals surface area (Å²) in [6.07, 6.45) is 3.39. The number of allylic oxidation sites excluding steroid dienone is 1. The van der Waals surface area contributed by atoms with Crippen molar-refractivity contribution in [2.75, 3.05) is 0 Å². The summed E-state index contributed by atoms with van der Waals surface area (Å²) >= 11 is 0. The first-order valence-corrected chi connectivity index (χ1v) is 5.73. The maximum atomic E-state index is 11.3. The lowest BCUT2D eigenvalue weighted by atomic mass is 9.98. The molecule has 1 aliphatic heterocycles. The van der Waals surface area contributed by atoms with E-state index in [4.69, 9.17) is 14.6 Å². The highest BCUT2D eigenvalue weighted by atomic mass is 16.7. The molecule has 0 aromatic heterocycles. The van der Waals surface area contributed by atoms with Gasteiger partial charge >= 0.3 is 11.9 Å². The van der Waals surface area contributed by atoms with Crippen LogP contribution < -0.4 is 0 Å². The second-order valence-corrected chi connectivity index (χ2v) is 5.02. The first-order chi connectivity index (χ1) is 7.87. The molecule has 2 aliphatic rings. The molecule has 0 spiro atoms. The summed E-state index contributed by atoms with van der Waals surface area (Å²) in [5.41, 5.74) is 0. The number of hydrogen-bond acceptors (Lipinski definition) is 4. The van der Waals surface area contributed by atoms with Crippen molar-refractivity contribution in [3.8, 4) is 0 Å². The molecule has 1 N–H and O–H groups in total. The standard InChI is InChI=1S/C12H16O5/c1-12(2)16-8(6-10(13)17-12)5-9(11(14)15)7-3-4-7/h6-7,9H,3-5H2,1-2H3,(H,14,15). The number of aliphatic carboxylic acids is 1. The number of carbonyl (C=O) groups is 2. The fraction of sp³-hybridized carbons (Fsp3) is 0.667. The van der Waals surface area contributed by atoms with Gasteiger partial charge in [0.25, 0.3) is 0 Å². The average molecular weight is 240 g/mol. The molecular formula is C12H16O5. The zero-order chi connectivity index (χ0) is 12.6. The van der Waals surface area contributed by atoms with Crippen LogP contribution in [0.5, 0.6) is 0 Å². The molecule has 1 unspecified atom stereocenters. The van der Waals surface area contributed by atoms with Gasteiger partial charge in [-0.25, -0.2) is 4.79 Å². The molecule has 5 nitrogen and oxygen atoms in total. The van der Waals surface area contributed by atoms with Crippen molar-refractivity contribution in [1.29, 1.82) is 0 Å². The predicted molar refractivity (Wildman–Crippen MR) is 57.8 cm³/mol. The minimum absolute atomic E-state index is 0.220. The van der Waals surface area contributed by atoms with Gasteiger partial charge in [-0.15, -0.1) is 0 Å².